The van der Waals surface area contributed by atoms with Crippen LogP contribution < -0.4 is 10.6 Å². The summed E-state index contributed by atoms with van der Waals surface area (Å²) in [6, 6.07) is 4.66. The van der Waals surface area contributed by atoms with Crippen molar-refractivity contribution >= 4 is 23.4 Å². The second kappa shape index (κ2) is 4.49. The number of aromatic nitrogens is 1. The van der Waals surface area contributed by atoms with Gasteiger partial charge < -0.3 is 10.6 Å². The van der Waals surface area contributed by atoms with E-state index in [9.17, 15) is 9.59 Å². The Kier molecular flexibility index (Phi) is 3.05. The number of nitrogens with zero attached hydrogens (tertiary/aromatic N) is 1. The first-order chi connectivity index (χ1) is 7.65. The molecule has 2 rings (SSSR count). The van der Waals surface area contributed by atoms with Crippen LogP contribution in [0.5, 0.6) is 0 Å². The van der Waals surface area contributed by atoms with Crippen molar-refractivity contribution in [2.24, 2.45) is 0 Å². The standard InChI is InChI=1S/C10H10ClN3O2/c11-8-3-1-2-7(14-8)10(16)13-6-4-9(15)12-5-6/h1-3,6H,4-5H2,(H,12,15)(H,13,16). The van der Waals surface area contributed by atoms with Gasteiger partial charge in [0.2, 0.25) is 5.91 Å². The molecule has 2 N–H and O–H groups in total. The molecule has 6 heteroatoms. The smallest absolute Gasteiger partial charge is 0.270 e. The van der Waals surface area contributed by atoms with Gasteiger partial charge in [0.25, 0.3) is 5.91 Å². The fourth-order valence-corrected chi connectivity index (χ4v) is 1.67. The highest BCUT2D eigenvalue weighted by Gasteiger charge is 2.23. The zero-order valence-corrected chi connectivity index (χ0v) is 9.12. The van der Waals surface area contributed by atoms with Gasteiger partial charge in [-0.3, -0.25) is 9.59 Å². The van der Waals surface area contributed by atoms with Crippen molar-refractivity contribution in [2.75, 3.05) is 6.54 Å². The number of pyridine rings is 1. The number of hydrogen-bond donors (Lipinski definition) is 2. The molecule has 1 aromatic rings. The largest absolute Gasteiger partial charge is 0.354 e. The molecule has 2 heterocycles. The van der Waals surface area contributed by atoms with Crippen LogP contribution in [-0.2, 0) is 4.79 Å². The van der Waals surface area contributed by atoms with Gasteiger partial charge in [-0.15, -0.1) is 0 Å². The first-order valence-electron chi connectivity index (χ1n) is 4.85. The van der Waals surface area contributed by atoms with Gasteiger partial charge in [0.15, 0.2) is 0 Å². The summed E-state index contributed by atoms with van der Waals surface area (Å²) in [5.74, 6) is -0.367. The maximum Gasteiger partial charge on any atom is 0.270 e. The van der Waals surface area contributed by atoms with Gasteiger partial charge in [0, 0.05) is 13.0 Å². The van der Waals surface area contributed by atoms with E-state index < -0.39 is 0 Å². The van der Waals surface area contributed by atoms with E-state index in [1.807, 2.05) is 0 Å². The summed E-state index contributed by atoms with van der Waals surface area (Å²) in [6.07, 6.45) is 0.312. The lowest BCUT2D eigenvalue weighted by Crippen LogP contribution is -2.36. The van der Waals surface area contributed by atoms with Crippen molar-refractivity contribution in [1.29, 1.82) is 0 Å². The monoisotopic (exact) mass is 239 g/mol. The number of halogens is 1. The molecule has 0 aliphatic carbocycles. The predicted octanol–water partition coefficient (Wildman–Crippen LogP) is 0.353. The minimum absolute atomic E-state index is 0.0515. The van der Waals surface area contributed by atoms with Crippen LogP contribution in [0.25, 0.3) is 0 Å². The SMILES string of the molecule is O=C1CC(NC(=O)c2cccc(Cl)n2)CN1. The number of carbonyl (C=O) groups is 2. The Morgan fingerprint density at radius 1 is 1.56 bits per heavy atom. The number of rotatable bonds is 2. The zero-order valence-electron chi connectivity index (χ0n) is 8.37. The molecule has 0 bridgehead atoms. The van der Waals surface area contributed by atoms with Crippen molar-refractivity contribution in [3.8, 4) is 0 Å². The maximum atomic E-state index is 11.7. The third-order valence-corrected chi connectivity index (χ3v) is 2.47. The minimum Gasteiger partial charge on any atom is -0.354 e. The molecule has 5 nitrogen and oxygen atoms in total. The van der Waals surface area contributed by atoms with Crippen LogP contribution in [0.1, 0.15) is 16.9 Å². The average Bonchev–Trinajstić information content (AvgIpc) is 2.64. The summed E-state index contributed by atoms with van der Waals surface area (Å²) in [5, 5.41) is 5.62. The van der Waals surface area contributed by atoms with Crippen LogP contribution >= 0.6 is 11.6 Å². The number of amides is 2. The maximum absolute atomic E-state index is 11.7. The number of nitrogens with one attached hydrogen (secondary N) is 2. The highest BCUT2D eigenvalue weighted by molar-refractivity contribution is 6.29. The third-order valence-electron chi connectivity index (χ3n) is 2.26. The Labute approximate surface area is 97.2 Å². The molecule has 1 unspecified atom stereocenters. The Morgan fingerprint density at radius 3 is 3.00 bits per heavy atom. The Hall–Kier alpha value is -1.62. The van der Waals surface area contributed by atoms with Gasteiger partial charge in [0.05, 0.1) is 6.04 Å². The third kappa shape index (κ3) is 2.49. The van der Waals surface area contributed by atoms with Crippen LogP contribution in [0.4, 0.5) is 0 Å². The topological polar surface area (TPSA) is 71.1 Å². The Bertz CT molecular complexity index is 436. The predicted molar refractivity (Wildman–Crippen MR) is 58.1 cm³/mol. The molecule has 0 radical (unpaired) electrons. The van der Waals surface area contributed by atoms with Crippen molar-refractivity contribution < 1.29 is 9.59 Å². The molecular weight excluding hydrogens is 230 g/mol. The molecule has 1 atom stereocenters. The molecule has 1 saturated heterocycles. The van der Waals surface area contributed by atoms with Crippen LogP contribution in [0.3, 0.4) is 0 Å². The van der Waals surface area contributed by atoms with Crippen molar-refractivity contribution in [2.45, 2.75) is 12.5 Å². The van der Waals surface area contributed by atoms with E-state index in [0.717, 1.165) is 0 Å². The summed E-state index contributed by atoms with van der Waals surface area (Å²) >= 11 is 5.67. The van der Waals surface area contributed by atoms with Crippen molar-refractivity contribution in [3.05, 3.63) is 29.0 Å². The van der Waals surface area contributed by atoms with E-state index in [1.165, 1.54) is 0 Å². The van der Waals surface area contributed by atoms with Crippen molar-refractivity contribution in [3.63, 3.8) is 0 Å². The first kappa shape index (κ1) is 10.9. The molecule has 16 heavy (non-hydrogen) atoms. The molecule has 0 spiro atoms. The van der Waals surface area contributed by atoms with Gasteiger partial charge in [-0.05, 0) is 12.1 Å². The van der Waals surface area contributed by atoms with Gasteiger partial charge in [-0.1, -0.05) is 17.7 Å². The van der Waals surface area contributed by atoms with E-state index >= 15 is 0 Å². The second-order valence-electron chi connectivity index (χ2n) is 3.52. The molecule has 1 aliphatic rings. The lowest BCUT2D eigenvalue weighted by Gasteiger charge is -2.09. The van der Waals surface area contributed by atoms with E-state index in [-0.39, 0.29) is 28.7 Å². The van der Waals surface area contributed by atoms with Gasteiger partial charge in [-0.2, -0.15) is 0 Å². The molecular formula is C10H10ClN3O2. The summed E-state index contributed by atoms with van der Waals surface area (Å²) in [6.45, 7) is 0.463. The van der Waals surface area contributed by atoms with Gasteiger partial charge >= 0.3 is 0 Å². The highest BCUT2D eigenvalue weighted by atomic mass is 35.5. The zero-order chi connectivity index (χ0) is 11.5. The van der Waals surface area contributed by atoms with Crippen molar-refractivity contribution in [1.82, 2.24) is 15.6 Å². The average molecular weight is 240 g/mol. The minimum atomic E-state index is -0.316. The molecule has 84 valence electrons. The molecule has 0 aromatic carbocycles. The summed E-state index contributed by atoms with van der Waals surface area (Å²) in [5.41, 5.74) is 0.256. The normalized spacial score (nSPS) is 19.3. The van der Waals surface area contributed by atoms with E-state index in [1.54, 1.807) is 18.2 Å². The fraction of sp³-hybridized carbons (Fsp3) is 0.300. The molecule has 0 saturated carbocycles. The summed E-state index contributed by atoms with van der Waals surface area (Å²) in [7, 11) is 0. The summed E-state index contributed by atoms with van der Waals surface area (Å²) in [4.78, 5) is 26.5. The molecule has 1 fully saturated rings. The van der Waals surface area contributed by atoms with Crippen LogP contribution in [0.2, 0.25) is 5.15 Å². The Balaban J connectivity index is 2.00. The second-order valence-corrected chi connectivity index (χ2v) is 3.91. The molecule has 1 aliphatic heterocycles. The lowest BCUT2D eigenvalue weighted by atomic mass is 10.2. The molecule has 2 amide bonds. The fourth-order valence-electron chi connectivity index (χ4n) is 1.50. The van der Waals surface area contributed by atoms with E-state index in [4.69, 9.17) is 11.6 Å². The van der Waals surface area contributed by atoms with E-state index in [0.29, 0.717) is 13.0 Å². The van der Waals surface area contributed by atoms with Gasteiger partial charge in [0.1, 0.15) is 10.8 Å². The lowest BCUT2D eigenvalue weighted by molar-refractivity contribution is -0.119. The Morgan fingerprint density at radius 2 is 2.38 bits per heavy atom. The van der Waals surface area contributed by atoms with E-state index in [2.05, 4.69) is 15.6 Å². The first-order valence-corrected chi connectivity index (χ1v) is 5.23. The summed E-state index contributed by atoms with van der Waals surface area (Å²) < 4.78 is 0. The number of hydrogen-bond acceptors (Lipinski definition) is 3. The molecule has 1 aromatic heterocycles. The van der Waals surface area contributed by atoms with Gasteiger partial charge in [-0.25, -0.2) is 4.98 Å². The van der Waals surface area contributed by atoms with Crippen LogP contribution in [-0.4, -0.2) is 29.4 Å². The van der Waals surface area contributed by atoms with Crippen LogP contribution in [0, 0.1) is 0 Å². The van der Waals surface area contributed by atoms with Crippen LogP contribution in [0.15, 0.2) is 18.2 Å². The highest BCUT2D eigenvalue weighted by Crippen LogP contribution is 2.06. The quantitative estimate of drug-likeness (QED) is 0.732. The number of carbonyl (C=O) groups excluding carboxylic acids is 2.